The third-order valence-corrected chi connectivity index (χ3v) is 15.4. The second-order valence-corrected chi connectivity index (χ2v) is 22.8. The average Bonchev–Trinajstić information content (AvgIpc) is 4.50. The molecule has 3 aromatic rings. The molecule has 0 radical (unpaired) electrons. The zero-order chi connectivity index (χ0) is 59.5. The van der Waals surface area contributed by atoms with Gasteiger partial charge >= 0.3 is 18.3 Å². The lowest BCUT2D eigenvalue weighted by Crippen LogP contribution is -2.30. The number of likely N-dealkylation sites (tertiary alicyclic amines) is 3. The fraction of sp³-hybridized carbons (Fsp3) is 0.609. The minimum absolute atomic E-state index is 0.120. The van der Waals surface area contributed by atoms with Crippen LogP contribution >= 0.6 is 0 Å². The minimum Gasteiger partial charge on any atom is -0.445 e. The van der Waals surface area contributed by atoms with Gasteiger partial charge in [0.2, 0.25) is 0 Å². The van der Waals surface area contributed by atoms with Crippen molar-refractivity contribution in [3.63, 3.8) is 0 Å². The second kappa shape index (κ2) is 44.0. The number of aliphatic hydroxyl groups excluding tert-OH is 2. The first-order valence-corrected chi connectivity index (χ1v) is 31.6. The van der Waals surface area contributed by atoms with Crippen LogP contribution in [0.4, 0.5) is 14.4 Å². The molecule has 3 saturated heterocycles. The molecule has 0 aromatic heterocycles. The maximum atomic E-state index is 11.8. The van der Waals surface area contributed by atoms with Gasteiger partial charge in [-0.1, -0.05) is 226 Å². The van der Waals surface area contributed by atoms with Crippen LogP contribution in [0.1, 0.15) is 160 Å². The van der Waals surface area contributed by atoms with Gasteiger partial charge in [-0.3, -0.25) is 0 Å². The normalized spacial score (nSPS) is 20.2. The van der Waals surface area contributed by atoms with Gasteiger partial charge in [0.25, 0.3) is 0 Å². The Hall–Kier alpha value is -5.51. The molecule has 7 rings (SSSR count). The molecule has 0 bridgehead atoms. The van der Waals surface area contributed by atoms with Crippen LogP contribution in [0, 0.1) is 11.8 Å². The molecule has 0 saturated carbocycles. The van der Waals surface area contributed by atoms with Gasteiger partial charge in [-0.2, -0.15) is 0 Å². The zero-order valence-electron chi connectivity index (χ0n) is 51.5. The highest BCUT2D eigenvalue weighted by Gasteiger charge is 2.34. The van der Waals surface area contributed by atoms with Gasteiger partial charge in [-0.25, -0.2) is 14.4 Å². The summed E-state index contributed by atoms with van der Waals surface area (Å²) in [4.78, 5) is 42.0. The molecular weight excluding hydrogens is 1040 g/mol. The van der Waals surface area contributed by atoms with Gasteiger partial charge in [0, 0.05) is 52.5 Å². The first-order chi connectivity index (χ1) is 40.5. The summed E-state index contributed by atoms with van der Waals surface area (Å²) in [5.41, 5.74) is 2.94. The molecule has 0 spiro atoms. The van der Waals surface area contributed by atoms with Gasteiger partial charge in [-0.15, -0.1) is 0 Å². The first-order valence-electron chi connectivity index (χ1n) is 31.6. The van der Waals surface area contributed by atoms with E-state index in [1.54, 1.807) is 9.80 Å². The van der Waals surface area contributed by atoms with Crippen molar-refractivity contribution < 1.29 is 48.3 Å². The number of likely N-dealkylation sites (N-methyl/N-ethyl adjacent to an activating group) is 1. The molecule has 4 aliphatic rings. The van der Waals surface area contributed by atoms with E-state index >= 15 is 0 Å². The highest BCUT2D eigenvalue weighted by Crippen LogP contribution is 2.23. The van der Waals surface area contributed by atoms with Gasteiger partial charge in [0.1, 0.15) is 19.8 Å². The number of hydrogen-bond donors (Lipinski definition) is 2. The number of carbonyl (C=O) groups is 3. The molecule has 2 N–H and O–H groups in total. The average molecular weight is 1150 g/mol. The van der Waals surface area contributed by atoms with Crippen molar-refractivity contribution in [2.24, 2.45) is 11.8 Å². The van der Waals surface area contributed by atoms with Crippen LogP contribution in [0.2, 0.25) is 0 Å². The standard InChI is InChI=1S/C31H59NO2.C14H19NO2.C12H15NO4.C12H13NO2/c1-4-6-8-10-12-13-14-15-16-17-18-19-20-21-23-25-27-34-31-29-32(3)28-30(31)33-26-24-22-11-9-7-5-2;1-11-8-15(9-12(11)2)14(16)17-10-13-6-4-3-5-7-13;14-10-6-13(7-11(10)15)12(16)17-8-9-4-2-1-3-5-9;14-12(13-8-4-5-9-13)15-10-11-6-2-1-3-7-11/h12-13,15-16,30-31H,4-11,14,17-29H2,1-3H3;3-7,11-12H,8-10H2,1-2H3;1-5,10-11,14-15H,6-8H2;1-7H,8-10H2/b13-12-,16-15-;;;/t30-,31?;11-,12+;10-,11+;/m0.../s1. The molecule has 1 unspecified atom stereocenters. The van der Waals surface area contributed by atoms with Gasteiger partial charge < -0.3 is 53.5 Å². The van der Waals surface area contributed by atoms with E-state index in [0.29, 0.717) is 38.1 Å². The van der Waals surface area contributed by atoms with Gasteiger partial charge in [0.05, 0.1) is 37.5 Å². The summed E-state index contributed by atoms with van der Waals surface area (Å²) in [6.45, 7) is 16.8. The Morgan fingerprint density at radius 2 is 0.807 bits per heavy atom. The molecule has 0 aliphatic carbocycles. The molecule has 3 fully saturated rings. The van der Waals surface area contributed by atoms with Crippen molar-refractivity contribution in [3.05, 3.63) is 144 Å². The third kappa shape index (κ3) is 31.3. The van der Waals surface area contributed by atoms with Crippen LogP contribution in [0.25, 0.3) is 0 Å². The van der Waals surface area contributed by atoms with Crippen LogP contribution in [-0.4, -0.2) is 145 Å². The van der Waals surface area contributed by atoms with E-state index in [1.165, 1.54) is 114 Å². The number of benzene rings is 3. The molecule has 83 heavy (non-hydrogen) atoms. The van der Waals surface area contributed by atoms with Crippen LogP contribution in [-0.2, 0) is 43.5 Å². The highest BCUT2D eigenvalue weighted by molar-refractivity contribution is 5.69. The predicted molar refractivity (Wildman–Crippen MR) is 334 cm³/mol. The van der Waals surface area contributed by atoms with E-state index in [2.05, 4.69) is 63.9 Å². The van der Waals surface area contributed by atoms with Crippen LogP contribution in [0.3, 0.4) is 0 Å². The van der Waals surface area contributed by atoms with Crippen LogP contribution in [0.5, 0.6) is 0 Å². The van der Waals surface area contributed by atoms with Crippen molar-refractivity contribution in [1.82, 2.24) is 19.6 Å². The van der Waals surface area contributed by atoms with E-state index < -0.39 is 18.3 Å². The summed E-state index contributed by atoms with van der Waals surface area (Å²) in [5.74, 6) is 1.14. The Labute approximate surface area is 500 Å². The van der Waals surface area contributed by atoms with Gasteiger partial charge in [-0.05, 0) is 80.5 Å². The zero-order valence-corrected chi connectivity index (χ0v) is 51.5. The number of carbonyl (C=O) groups excluding carboxylic acids is 3. The van der Waals surface area contributed by atoms with Crippen molar-refractivity contribution in [1.29, 1.82) is 0 Å². The van der Waals surface area contributed by atoms with Crippen LogP contribution < -0.4 is 0 Å². The Morgan fingerprint density at radius 3 is 1.23 bits per heavy atom. The number of ether oxygens (including phenoxy) is 5. The number of unbranched alkanes of at least 4 members (excludes halogenated alkanes) is 14. The van der Waals surface area contributed by atoms with Crippen molar-refractivity contribution in [2.45, 2.75) is 188 Å². The second-order valence-electron chi connectivity index (χ2n) is 22.8. The number of nitrogens with zero attached hydrogens (tertiary/aromatic N) is 4. The number of rotatable bonds is 30. The lowest BCUT2D eigenvalue weighted by molar-refractivity contribution is -0.0481. The topological polar surface area (TPSA) is 151 Å². The quantitative estimate of drug-likeness (QED) is 0.0373. The van der Waals surface area contributed by atoms with E-state index in [-0.39, 0.29) is 44.1 Å². The summed E-state index contributed by atoms with van der Waals surface area (Å²) in [7, 11) is 2.19. The van der Waals surface area contributed by atoms with E-state index in [4.69, 9.17) is 23.7 Å². The molecule has 4 aliphatic heterocycles. The van der Waals surface area contributed by atoms with Crippen molar-refractivity contribution in [3.8, 4) is 0 Å². The number of hydrogen-bond acceptors (Lipinski definition) is 11. The van der Waals surface area contributed by atoms with Crippen molar-refractivity contribution in [2.75, 3.05) is 72.6 Å². The summed E-state index contributed by atoms with van der Waals surface area (Å²) in [6, 6.07) is 28.8. The third-order valence-electron chi connectivity index (χ3n) is 15.4. The fourth-order valence-electron chi connectivity index (χ4n) is 9.94. The SMILES string of the molecule is CCCCC/C=C\C/C=C\CCCCCCCCOC1CN(C)C[C@@H]1OCCCCCCCC.C[C@@H]1CN(C(=O)OCc2ccccc2)C[C@@H]1C.O=C(OCc1ccccc1)N1CC=CC1.O=C(OCc1ccccc1)N1C[C@@H](O)[C@@H](O)C1. The number of aliphatic hydroxyl groups is 2. The molecule has 14 nitrogen and oxygen atoms in total. The molecule has 3 amide bonds. The molecule has 6 atom stereocenters. The predicted octanol–water partition coefficient (Wildman–Crippen LogP) is 14.3. The molecule has 14 heteroatoms. The van der Waals surface area contributed by atoms with Crippen molar-refractivity contribution >= 4 is 18.3 Å². The minimum atomic E-state index is -0.876. The van der Waals surface area contributed by atoms with Crippen LogP contribution in [0.15, 0.2) is 127 Å². The fourth-order valence-corrected chi connectivity index (χ4v) is 9.94. The summed E-state index contributed by atoms with van der Waals surface area (Å²) in [6.07, 6.45) is 34.6. The summed E-state index contributed by atoms with van der Waals surface area (Å²) in [5, 5.41) is 18.6. The number of amides is 3. The Balaban J connectivity index is 0.000000254. The Kier molecular flexibility index (Phi) is 37.1. The monoisotopic (exact) mass is 1150 g/mol. The summed E-state index contributed by atoms with van der Waals surface area (Å²) < 4.78 is 28.0. The lowest BCUT2D eigenvalue weighted by Gasteiger charge is -2.20. The molecular formula is C69H106N4O10. The van der Waals surface area contributed by atoms with E-state index in [9.17, 15) is 24.6 Å². The number of allylic oxidation sites excluding steroid dienone is 4. The maximum Gasteiger partial charge on any atom is 0.410 e. The van der Waals surface area contributed by atoms with E-state index in [1.807, 2.05) is 103 Å². The molecule has 3 aromatic carbocycles. The smallest absolute Gasteiger partial charge is 0.410 e. The number of β-amino-alcohol motifs (C(OH)–C–C–N with tert-alkyl or cyclic N) is 2. The summed E-state index contributed by atoms with van der Waals surface area (Å²) >= 11 is 0. The first kappa shape index (κ1) is 70.0. The lowest BCUT2D eigenvalue weighted by atomic mass is 10.0. The van der Waals surface area contributed by atoms with E-state index in [0.717, 1.165) is 62.5 Å². The van der Waals surface area contributed by atoms with Gasteiger partial charge in [0.15, 0.2) is 0 Å². The largest absolute Gasteiger partial charge is 0.445 e. The molecule has 4 heterocycles. The Morgan fingerprint density at radius 1 is 0.458 bits per heavy atom. The Bertz CT molecular complexity index is 2110. The molecule has 462 valence electrons. The maximum absolute atomic E-state index is 11.8. The highest BCUT2D eigenvalue weighted by atomic mass is 16.6.